The maximum atomic E-state index is 8.75. The van der Waals surface area contributed by atoms with E-state index in [0.29, 0.717) is 0 Å². The predicted octanol–water partition coefficient (Wildman–Crippen LogP) is 1.57. The summed E-state index contributed by atoms with van der Waals surface area (Å²) in [5.74, 6) is 0. The van der Waals surface area contributed by atoms with E-state index in [1.165, 1.54) is 19.3 Å². The first-order chi connectivity index (χ1) is 5.86. The molecule has 12 heavy (non-hydrogen) atoms. The molecule has 0 aliphatic rings. The molecule has 1 N–H and O–H groups in total. The summed E-state index contributed by atoms with van der Waals surface area (Å²) in [4.78, 5) is 0. The molecule has 3 heteroatoms. The molecule has 1 heterocycles. The number of rotatable bonds is 5. The van der Waals surface area contributed by atoms with Crippen molar-refractivity contribution in [2.24, 2.45) is 0 Å². The number of nitrogens with zero attached hydrogens (tertiary/aromatic N) is 2. The predicted molar refractivity (Wildman–Crippen MR) is 47.7 cm³/mol. The molecule has 0 aromatic carbocycles. The van der Waals surface area contributed by atoms with Gasteiger partial charge in [-0.25, -0.2) is 0 Å². The topological polar surface area (TPSA) is 38.0 Å². The van der Waals surface area contributed by atoms with E-state index < -0.39 is 0 Å². The van der Waals surface area contributed by atoms with Crippen molar-refractivity contribution in [1.82, 2.24) is 9.78 Å². The number of unbranched alkanes of at least 4 members (excludes halogenated alkanes) is 2. The zero-order chi connectivity index (χ0) is 8.81. The standard InChI is InChI=1S/C9H16N2O/c1-2-3-4-6-11-7-5-9(8-12)10-11/h5,7,12H,2-4,6,8H2,1H3. The van der Waals surface area contributed by atoms with Gasteiger partial charge in [0.25, 0.3) is 0 Å². The number of aliphatic hydroxyl groups excluding tert-OH is 1. The van der Waals surface area contributed by atoms with Gasteiger partial charge in [-0.05, 0) is 12.5 Å². The highest BCUT2D eigenvalue weighted by Crippen LogP contribution is 1.99. The average Bonchev–Trinajstić information content (AvgIpc) is 2.53. The van der Waals surface area contributed by atoms with Gasteiger partial charge < -0.3 is 5.11 Å². The SMILES string of the molecule is CCCCCn1ccc(CO)n1. The van der Waals surface area contributed by atoms with Crippen molar-refractivity contribution in [3.8, 4) is 0 Å². The molecule has 1 aromatic heterocycles. The summed E-state index contributed by atoms with van der Waals surface area (Å²) < 4.78 is 1.89. The second-order valence-corrected chi connectivity index (χ2v) is 2.94. The zero-order valence-electron chi connectivity index (χ0n) is 7.53. The molecule has 0 saturated heterocycles. The first-order valence-electron chi connectivity index (χ1n) is 4.50. The lowest BCUT2D eigenvalue weighted by molar-refractivity contribution is 0.275. The summed E-state index contributed by atoms with van der Waals surface area (Å²) in [6.45, 7) is 3.19. The summed E-state index contributed by atoms with van der Waals surface area (Å²) >= 11 is 0. The molecule has 0 saturated carbocycles. The van der Waals surface area contributed by atoms with Crippen LogP contribution in [0.3, 0.4) is 0 Å². The lowest BCUT2D eigenvalue weighted by Gasteiger charge is -1.98. The van der Waals surface area contributed by atoms with Crippen LogP contribution >= 0.6 is 0 Å². The van der Waals surface area contributed by atoms with Crippen molar-refractivity contribution in [3.63, 3.8) is 0 Å². The van der Waals surface area contributed by atoms with Crippen LogP contribution in [0.15, 0.2) is 12.3 Å². The Morgan fingerprint density at radius 1 is 1.50 bits per heavy atom. The van der Waals surface area contributed by atoms with Crippen LogP contribution < -0.4 is 0 Å². The smallest absolute Gasteiger partial charge is 0.0878 e. The van der Waals surface area contributed by atoms with Gasteiger partial charge in [0.1, 0.15) is 0 Å². The molecule has 1 aromatic rings. The van der Waals surface area contributed by atoms with Crippen LogP contribution in [0.5, 0.6) is 0 Å². The normalized spacial score (nSPS) is 10.5. The molecule has 0 amide bonds. The zero-order valence-corrected chi connectivity index (χ0v) is 7.53. The molecule has 68 valence electrons. The van der Waals surface area contributed by atoms with Crippen LogP contribution in [0.25, 0.3) is 0 Å². The van der Waals surface area contributed by atoms with Gasteiger partial charge in [-0.2, -0.15) is 5.10 Å². The van der Waals surface area contributed by atoms with Gasteiger partial charge in [0.15, 0.2) is 0 Å². The second-order valence-electron chi connectivity index (χ2n) is 2.94. The third-order valence-corrected chi connectivity index (χ3v) is 1.85. The van der Waals surface area contributed by atoms with Gasteiger partial charge >= 0.3 is 0 Å². The molecule has 0 unspecified atom stereocenters. The molecule has 3 nitrogen and oxygen atoms in total. The van der Waals surface area contributed by atoms with Crippen LogP contribution in [0.4, 0.5) is 0 Å². The Labute approximate surface area is 73.0 Å². The fraction of sp³-hybridized carbons (Fsp3) is 0.667. The molecule has 0 bridgehead atoms. The lowest BCUT2D eigenvalue weighted by atomic mass is 10.2. The Kier molecular flexibility index (Phi) is 3.80. The van der Waals surface area contributed by atoms with Gasteiger partial charge in [0.05, 0.1) is 12.3 Å². The fourth-order valence-corrected chi connectivity index (χ4v) is 1.14. The third kappa shape index (κ3) is 2.66. The van der Waals surface area contributed by atoms with Crippen molar-refractivity contribution >= 4 is 0 Å². The van der Waals surface area contributed by atoms with Crippen molar-refractivity contribution < 1.29 is 5.11 Å². The number of aromatic nitrogens is 2. The Bertz CT molecular complexity index is 220. The first-order valence-corrected chi connectivity index (χ1v) is 4.50. The minimum atomic E-state index is 0.0424. The van der Waals surface area contributed by atoms with Crippen LogP contribution in [-0.2, 0) is 13.2 Å². The molecular weight excluding hydrogens is 152 g/mol. The molecule has 0 aliphatic carbocycles. The van der Waals surface area contributed by atoms with E-state index in [-0.39, 0.29) is 6.61 Å². The minimum Gasteiger partial charge on any atom is -0.390 e. The third-order valence-electron chi connectivity index (χ3n) is 1.85. The molecular formula is C9H16N2O. The fourth-order valence-electron chi connectivity index (χ4n) is 1.14. The Morgan fingerprint density at radius 2 is 2.33 bits per heavy atom. The lowest BCUT2D eigenvalue weighted by Crippen LogP contribution is -1.99. The van der Waals surface area contributed by atoms with E-state index in [0.717, 1.165) is 12.2 Å². The highest BCUT2D eigenvalue weighted by molar-refractivity contribution is 4.96. The molecule has 0 spiro atoms. The Morgan fingerprint density at radius 3 is 2.92 bits per heavy atom. The van der Waals surface area contributed by atoms with Crippen molar-refractivity contribution in [2.45, 2.75) is 39.3 Å². The molecule has 0 radical (unpaired) electrons. The van der Waals surface area contributed by atoms with Crippen LogP contribution in [-0.4, -0.2) is 14.9 Å². The van der Waals surface area contributed by atoms with Crippen molar-refractivity contribution in [1.29, 1.82) is 0 Å². The molecule has 1 rings (SSSR count). The quantitative estimate of drug-likeness (QED) is 0.678. The van der Waals surface area contributed by atoms with Gasteiger partial charge in [0, 0.05) is 12.7 Å². The van der Waals surface area contributed by atoms with Gasteiger partial charge in [-0.3, -0.25) is 4.68 Å². The Hall–Kier alpha value is -0.830. The summed E-state index contributed by atoms with van der Waals surface area (Å²) in [6.07, 6.45) is 5.56. The van der Waals surface area contributed by atoms with Crippen molar-refractivity contribution in [2.75, 3.05) is 0 Å². The summed E-state index contributed by atoms with van der Waals surface area (Å²) in [5.41, 5.74) is 0.756. The summed E-state index contributed by atoms with van der Waals surface area (Å²) in [5, 5.41) is 12.9. The molecule has 0 aliphatic heterocycles. The second kappa shape index (κ2) is 4.93. The number of hydrogen-bond acceptors (Lipinski definition) is 2. The van der Waals surface area contributed by atoms with E-state index in [2.05, 4.69) is 12.0 Å². The van der Waals surface area contributed by atoms with E-state index in [4.69, 9.17) is 5.11 Å². The minimum absolute atomic E-state index is 0.0424. The number of aliphatic hydroxyl groups is 1. The molecule has 0 atom stereocenters. The van der Waals surface area contributed by atoms with Crippen LogP contribution in [0.1, 0.15) is 31.9 Å². The maximum absolute atomic E-state index is 8.75. The van der Waals surface area contributed by atoms with E-state index in [1.54, 1.807) is 0 Å². The monoisotopic (exact) mass is 168 g/mol. The van der Waals surface area contributed by atoms with E-state index in [1.807, 2.05) is 16.9 Å². The average molecular weight is 168 g/mol. The van der Waals surface area contributed by atoms with Gasteiger partial charge in [-0.1, -0.05) is 19.8 Å². The van der Waals surface area contributed by atoms with Crippen molar-refractivity contribution in [3.05, 3.63) is 18.0 Å². The van der Waals surface area contributed by atoms with Crippen LogP contribution in [0.2, 0.25) is 0 Å². The first kappa shape index (κ1) is 9.26. The Balaban J connectivity index is 2.31. The largest absolute Gasteiger partial charge is 0.390 e. The molecule has 0 fully saturated rings. The summed E-state index contributed by atoms with van der Waals surface area (Å²) in [7, 11) is 0. The summed E-state index contributed by atoms with van der Waals surface area (Å²) in [6, 6.07) is 1.85. The van der Waals surface area contributed by atoms with Gasteiger partial charge in [0.2, 0.25) is 0 Å². The van der Waals surface area contributed by atoms with Crippen LogP contribution in [0, 0.1) is 0 Å². The van der Waals surface area contributed by atoms with Gasteiger partial charge in [-0.15, -0.1) is 0 Å². The maximum Gasteiger partial charge on any atom is 0.0878 e. The highest BCUT2D eigenvalue weighted by Gasteiger charge is 1.95. The van der Waals surface area contributed by atoms with E-state index in [9.17, 15) is 0 Å². The van der Waals surface area contributed by atoms with E-state index >= 15 is 0 Å². The number of hydrogen-bond donors (Lipinski definition) is 1. The highest BCUT2D eigenvalue weighted by atomic mass is 16.3. The number of aryl methyl sites for hydroxylation is 1.